The van der Waals surface area contributed by atoms with Crippen LogP contribution < -0.4 is 5.73 Å². The summed E-state index contributed by atoms with van der Waals surface area (Å²) in [7, 11) is 0. The molecule has 2 aromatic heterocycles. The molecule has 0 saturated heterocycles. The predicted octanol–water partition coefficient (Wildman–Crippen LogP) is 4.18. The lowest BCUT2D eigenvalue weighted by Crippen LogP contribution is -1.98. The van der Waals surface area contributed by atoms with Crippen LogP contribution in [0.1, 0.15) is 0 Å². The molecule has 106 valence electrons. The standard InChI is InChI=1S/C14H9Br2FN4/c15-8-1-3-11(17)10(5-8)14-12(18)7-21(20-14)13-4-2-9(16)6-19-13/h1-7H,18H2. The highest BCUT2D eigenvalue weighted by molar-refractivity contribution is 9.10. The van der Waals surface area contributed by atoms with Gasteiger partial charge in [-0.2, -0.15) is 5.10 Å². The molecule has 2 N–H and O–H groups in total. The minimum Gasteiger partial charge on any atom is -0.396 e. The number of nitrogens with two attached hydrogens (primary N) is 1. The highest BCUT2D eigenvalue weighted by atomic mass is 79.9. The van der Waals surface area contributed by atoms with E-state index >= 15 is 0 Å². The zero-order chi connectivity index (χ0) is 15.0. The summed E-state index contributed by atoms with van der Waals surface area (Å²) in [6.07, 6.45) is 3.28. The van der Waals surface area contributed by atoms with Crippen LogP contribution in [0.15, 0.2) is 51.7 Å². The monoisotopic (exact) mass is 410 g/mol. The number of nitrogens with zero attached hydrogens (tertiary/aromatic N) is 3. The van der Waals surface area contributed by atoms with E-state index in [9.17, 15) is 4.39 Å². The van der Waals surface area contributed by atoms with E-state index < -0.39 is 0 Å². The van der Waals surface area contributed by atoms with Crippen LogP contribution >= 0.6 is 31.9 Å². The first-order valence-electron chi connectivity index (χ1n) is 5.97. The van der Waals surface area contributed by atoms with Gasteiger partial charge in [-0.1, -0.05) is 15.9 Å². The van der Waals surface area contributed by atoms with Crippen LogP contribution in [0.3, 0.4) is 0 Å². The van der Waals surface area contributed by atoms with Gasteiger partial charge in [0.15, 0.2) is 5.82 Å². The second kappa shape index (κ2) is 5.57. The zero-order valence-corrected chi connectivity index (χ0v) is 13.8. The van der Waals surface area contributed by atoms with Gasteiger partial charge in [-0.15, -0.1) is 0 Å². The molecule has 0 atom stereocenters. The third kappa shape index (κ3) is 2.84. The second-order valence-corrected chi connectivity index (χ2v) is 6.17. The second-order valence-electron chi connectivity index (χ2n) is 4.34. The van der Waals surface area contributed by atoms with Gasteiger partial charge in [0.2, 0.25) is 0 Å². The maximum absolute atomic E-state index is 14.0. The van der Waals surface area contributed by atoms with Crippen molar-refractivity contribution in [1.29, 1.82) is 0 Å². The summed E-state index contributed by atoms with van der Waals surface area (Å²) in [6.45, 7) is 0. The number of nitrogen functional groups attached to an aromatic ring is 1. The molecule has 0 spiro atoms. The smallest absolute Gasteiger partial charge is 0.153 e. The molecule has 0 bridgehead atoms. The molecular weight excluding hydrogens is 403 g/mol. The third-order valence-electron chi connectivity index (χ3n) is 2.87. The van der Waals surface area contributed by atoms with E-state index in [-0.39, 0.29) is 5.82 Å². The minimum atomic E-state index is -0.376. The van der Waals surface area contributed by atoms with Crippen molar-refractivity contribution in [3.05, 3.63) is 57.5 Å². The summed E-state index contributed by atoms with van der Waals surface area (Å²) in [5, 5.41) is 4.33. The fourth-order valence-corrected chi connectivity index (χ4v) is 2.49. The number of hydrogen-bond donors (Lipinski definition) is 1. The average Bonchev–Trinajstić information content (AvgIpc) is 2.84. The Morgan fingerprint density at radius 3 is 2.57 bits per heavy atom. The first kappa shape index (κ1) is 14.2. The molecule has 0 fully saturated rings. The maximum Gasteiger partial charge on any atom is 0.153 e. The number of benzene rings is 1. The van der Waals surface area contributed by atoms with Crippen molar-refractivity contribution < 1.29 is 4.39 Å². The molecule has 0 aliphatic carbocycles. The summed E-state index contributed by atoms with van der Waals surface area (Å²) in [6, 6.07) is 8.28. The summed E-state index contributed by atoms with van der Waals surface area (Å²) >= 11 is 6.64. The first-order valence-corrected chi connectivity index (χ1v) is 7.55. The quantitative estimate of drug-likeness (QED) is 0.688. The van der Waals surface area contributed by atoms with Gasteiger partial charge in [0, 0.05) is 20.7 Å². The number of halogens is 3. The largest absolute Gasteiger partial charge is 0.396 e. The number of anilines is 1. The van der Waals surface area contributed by atoms with E-state index in [0.29, 0.717) is 22.8 Å². The number of pyridine rings is 1. The average molecular weight is 412 g/mol. The van der Waals surface area contributed by atoms with Crippen molar-refractivity contribution in [3.8, 4) is 17.1 Å². The topological polar surface area (TPSA) is 56.7 Å². The SMILES string of the molecule is Nc1cn(-c2ccc(Br)cn2)nc1-c1cc(Br)ccc1F. The van der Waals surface area contributed by atoms with Crippen LogP contribution in [-0.2, 0) is 0 Å². The highest BCUT2D eigenvalue weighted by Gasteiger charge is 2.14. The molecule has 0 amide bonds. The minimum absolute atomic E-state index is 0.345. The van der Waals surface area contributed by atoms with Gasteiger partial charge in [-0.3, -0.25) is 0 Å². The Kier molecular flexibility index (Phi) is 3.77. The van der Waals surface area contributed by atoms with Gasteiger partial charge in [-0.25, -0.2) is 14.1 Å². The fraction of sp³-hybridized carbons (Fsp3) is 0. The Hall–Kier alpha value is -1.73. The van der Waals surface area contributed by atoms with Crippen molar-refractivity contribution in [2.45, 2.75) is 0 Å². The third-order valence-corrected chi connectivity index (χ3v) is 3.83. The van der Waals surface area contributed by atoms with Crippen LogP contribution in [0, 0.1) is 5.82 Å². The molecule has 3 aromatic rings. The molecule has 0 saturated carbocycles. The Balaban J connectivity index is 2.09. The van der Waals surface area contributed by atoms with Crippen molar-refractivity contribution in [1.82, 2.24) is 14.8 Å². The van der Waals surface area contributed by atoms with Crippen molar-refractivity contribution >= 4 is 37.5 Å². The van der Waals surface area contributed by atoms with Crippen molar-refractivity contribution in [2.75, 3.05) is 5.73 Å². The van der Waals surface area contributed by atoms with Crippen LogP contribution in [0.5, 0.6) is 0 Å². The number of rotatable bonds is 2. The molecule has 3 rings (SSSR count). The van der Waals surface area contributed by atoms with E-state index in [1.54, 1.807) is 30.6 Å². The summed E-state index contributed by atoms with van der Waals surface area (Å²) in [4.78, 5) is 4.23. The lowest BCUT2D eigenvalue weighted by molar-refractivity contribution is 0.630. The number of hydrogen-bond acceptors (Lipinski definition) is 3. The fourth-order valence-electron chi connectivity index (χ4n) is 1.90. The number of aromatic nitrogens is 3. The van der Waals surface area contributed by atoms with Crippen molar-refractivity contribution in [3.63, 3.8) is 0 Å². The Morgan fingerprint density at radius 2 is 1.86 bits per heavy atom. The van der Waals surface area contributed by atoms with Gasteiger partial charge >= 0.3 is 0 Å². The highest BCUT2D eigenvalue weighted by Crippen LogP contribution is 2.29. The van der Waals surface area contributed by atoms with Crippen LogP contribution in [0.25, 0.3) is 17.1 Å². The van der Waals surface area contributed by atoms with Crippen molar-refractivity contribution in [2.24, 2.45) is 0 Å². The molecule has 4 nitrogen and oxygen atoms in total. The summed E-state index contributed by atoms with van der Waals surface area (Å²) < 4.78 is 17.1. The van der Waals surface area contributed by atoms with Gasteiger partial charge in [0.1, 0.15) is 11.5 Å². The van der Waals surface area contributed by atoms with E-state index in [4.69, 9.17) is 5.73 Å². The first-order chi connectivity index (χ1) is 10.0. The summed E-state index contributed by atoms with van der Waals surface area (Å²) in [5.74, 6) is 0.227. The van der Waals surface area contributed by atoms with Gasteiger partial charge in [0.05, 0.1) is 11.9 Å². The molecule has 7 heteroatoms. The molecule has 21 heavy (non-hydrogen) atoms. The normalized spacial score (nSPS) is 10.8. The molecule has 0 aliphatic heterocycles. The van der Waals surface area contributed by atoms with Crippen LogP contribution in [0.4, 0.5) is 10.1 Å². The van der Waals surface area contributed by atoms with E-state index in [2.05, 4.69) is 41.9 Å². The Labute approximate surface area is 137 Å². The van der Waals surface area contributed by atoms with Crippen LogP contribution in [0.2, 0.25) is 0 Å². The summed E-state index contributed by atoms with van der Waals surface area (Å²) in [5.41, 5.74) is 7.08. The van der Waals surface area contributed by atoms with Gasteiger partial charge in [-0.05, 0) is 46.3 Å². The molecule has 0 radical (unpaired) electrons. The van der Waals surface area contributed by atoms with Crippen LogP contribution in [-0.4, -0.2) is 14.8 Å². The predicted molar refractivity (Wildman–Crippen MR) is 86.6 cm³/mol. The molecule has 0 unspecified atom stereocenters. The van der Waals surface area contributed by atoms with Gasteiger partial charge < -0.3 is 5.73 Å². The Morgan fingerprint density at radius 1 is 1.10 bits per heavy atom. The molecular formula is C14H9Br2FN4. The lowest BCUT2D eigenvalue weighted by atomic mass is 10.1. The lowest BCUT2D eigenvalue weighted by Gasteiger charge is -2.02. The van der Waals surface area contributed by atoms with Gasteiger partial charge in [0.25, 0.3) is 0 Å². The van der Waals surface area contributed by atoms with E-state index in [1.165, 1.54) is 10.7 Å². The zero-order valence-electron chi connectivity index (χ0n) is 10.6. The molecule has 0 aliphatic rings. The maximum atomic E-state index is 14.0. The molecule has 2 heterocycles. The van der Waals surface area contributed by atoms with E-state index in [0.717, 1.165) is 8.95 Å². The Bertz CT molecular complexity index is 799. The molecule has 1 aromatic carbocycles. The van der Waals surface area contributed by atoms with E-state index in [1.807, 2.05) is 6.07 Å².